The van der Waals surface area contributed by atoms with Crippen LogP contribution in [0.4, 0.5) is 5.82 Å². The molecule has 0 aliphatic rings. The minimum absolute atomic E-state index is 0.436. The first-order chi connectivity index (χ1) is 6.06. The maximum absolute atomic E-state index is 11.0. The number of aromatic nitrogens is 1. The van der Waals surface area contributed by atoms with Crippen LogP contribution in [0.1, 0.15) is 21.6 Å². The van der Waals surface area contributed by atoms with Crippen LogP contribution in [0.15, 0.2) is 6.07 Å². The Morgan fingerprint density at radius 1 is 1.54 bits per heavy atom. The summed E-state index contributed by atoms with van der Waals surface area (Å²) in [5, 5.41) is 2.83. The van der Waals surface area contributed by atoms with E-state index in [4.69, 9.17) is 5.73 Å². The summed E-state index contributed by atoms with van der Waals surface area (Å²) in [7, 11) is 1.71. The molecular weight excluding hydrogens is 166 g/mol. The monoisotopic (exact) mass is 179 g/mol. The van der Waals surface area contributed by atoms with Gasteiger partial charge in [-0.1, -0.05) is 0 Å². The highest BCUT2D eigenvalue weighted by Crippen LogP contribution is 2.15. The largest absolute Gasteiger partial charge is 0.372 e. The summed E-state index contributed by atoms with van der Waals surface area (Å²) in [6.45, 7) is 3.79. The fourth-order valence-electron chi connectivity index (χ4n) is 1.08. The highest BCUT2D eigenvalue weighted by atomic mass is 16.1. The van der Waals surface area contributed by atoms with E-state index < -0.39 is 5.91 Å². The van der Waals surface area contributed by atoms with Crippen LogP contribution < -0.4 is 11.1 Å². The molecule has 70 valence electrons. The molecule has 4 heteroatoms. The van der Waals surface area contributed by atoms with Crippen molar-refractivity contribution in [2.45, 2.75) is 13.8 Å². The van der Waals surface area contributed by atoms with E-state index in [0.29, 0.717) is 11.4 Å². The second-order valence-electron chi connectivity index (χ2n) is 2.90. The fraction of sp³-hybridized carbons (Fsp3) is 0.333. The number of pyridine rings is 1. The van der Waals surface area contributed by atoms with Crippen molar-refractivity contribution < 1.29 is 4.79 Å². The standard InChI is InChI=1S/C9H13N3O/c1-5-4-7(8(10)13)9(11-3)12-6(5)2/h4H,1-3H3,(H2,10,13)(H,11,12). The van der Waals surface area contributed by atoms with Crippen molar-refractivity contribution >= 4 is 11.7 Å². The van der Waals surface area contributed by atoms with Crippen molar-refractivity contribution in [3.05, 3.63) is 22.9 Å². The number of primary amides is 1. The van der Waals surface area contributed by atoms with Crippen LogP contribution in [0, 0.1) is 13.8 Å². The van der Waals surface area contributed by atoms with Gasteiger partial charge in [0.15, 0.2) is 0 Å². The summed E-state index contributed by atoms with van der Waals surface area (Å²) >= 11 is 0. The number of amides is 1. The average Bonchev–Trinajstić information content (AvgIpc) is 2.08. The quantitative estimate of drug-likeness (QED) is 0.706. The highest BCUT2D eigenvalue weighted by molar-refractivity contribution is 5.97. The van der Waals surface area contributed by atoms with E-state index in [2.05, 4.69) is 10.3 Å². The van der Waals surface area contributed by atoms with Gasteiger partial charge in [-0.15, -0.1) is 0 Å². The number of nitrogens with two attached hydrogens (primary N) is 1. The van der Waals surface area contributed by atoms with Crippen molar-refractivity contribution in [3.8, 4) is 0 Å². The summed E-state index contributed by atoms with van der Waals surface area (Å²) in [6, 6.07) is 1.75. The Balaban J connectivity index is 3.33. The summed E-state index contributed by atoms with van der Waals surface area (Å²) in [5.41, 5.74) is 7.49. The number of hydrogen-bond acceptors (Lipinski definition) is 3. The van der Waals surface area contributed by atoms with E-state index >= 15 is 0 Å². The molecule has 0 bridgehead atoms. The third kappa shape index (κ3) is 1.77. The van der Waals surface area contributed by atoms with E-state index in [9.17, 15) is 4.79 Å². The number of carbonyl (C=O) groups excluding carboxylic acids is 1. The molecule has 0 aliphatic carbocycles. The fourth-order valence-corrected chi connectivity index (χ4v) is 1.08. The normalized spacial score (nSPS) is 9.77. The minimum atomic E-state index is -0.458. The Bertz CT molecular complexity index is 347. The van der Waals surface area contributed by atoms with Gasteiger partial charge in [-0.25, -0.2) is 4.98 Å². The maximum Gasteiger partial charge on any atom is 0.252 e. The lowest BCUT2D eigenvalue weighted by atomic mass is 10.1. The van der Waals surface area contributed by atoms with Gasteiger partial charge in [0, 0.05) is 12.7 Å². The molecule has 0 spiro atoms. The minimum Gasteiger partial charge on any atom is -0.372 e. The molecule has 3 N–H and O–H groups in total. The molecule has 4 nitrogen and oxygen atoms in total. The van der Waals surface area contributed by atoms with Crippen LogP contribution in [0.2, 0.25) is 0 Å². The average molecular weight is 179 g/mol. The molecular formula is C9H13N3O. The number of nitrogens with one attached hydrogen (secondary N) is 1. The van der Waals surface area contributed by atoms with Crippen molar-refractivity contribution in [1.82, 2.24) is 4.98 Å². The maximum atomic E-state index is 11.0. The number of nitrogens with zero attached hydrogens (tertiary/aromatic N) is 1. The Hall–Kier alpha value is -1.58. The third-order valence-electron chi connectivity index (χ3n) is 1.97. The smallest absolute Gasteiger partial charge is 0.252 e. The first kappa shape index (κ1) is 9.51. The van der Waals surface area contributed by atoms with Crippen LogP contribution in [0.25, 0.3) is 0 Å². The predicted molar refractivity (Wildman–Crippen MR) is 51.8 cm³/mol. The summed E-state index contributed by atoms with van der Waals surface area (Å²) in [4.78, 5) is 15.2. The van der Waals surface area contributed by atoms with Crippen molar-refractivity contribution in [3.63, 3.8) is 0 Å². The van der Waals surface area contributed by atoms with Crippen LogP contribution >= 0.6 is 0 Å². The lowest BCUT2D eigenvalue weighted by Gasteiger charge is -2.08. The van der Waals surface area contributed by atoms with E-state index in [1.54, 1.807) is 13.1 Å². The van der Waals surface area contributed by atoms with Crippen molar-refractivity contribution in [1.29, 1.82) is 0 Å². The van der Waals surface area contributed by atoms with E-state index in [-0.39, 0.29) is 0 Å². The number of carbonyl (C=O) groups is 1. The third-order valence-corrected chi connectivity index (χ3v) is 1.97. The van der Waals surface area contributed by atoms with Gasteiger partial charge in [-0.05, 0) is 25.5 Å². The van der Waals surface area contributed by atoms with Crippen molar-refractivity contribution in [2.24, 2.45) is 5.73 Å². The molecule has 1 aromatic heterocycles. The Labute approximate surface area is 77.2 Å². The Morgan fingerprint density at radius 2 is 2.15 bits per heavy atom. The number of hydrogen-bond donors (Lipinski definition) is 2. The zero-order valence-electron chi connectivity index (χ0n) is 8.01. The first-order valence-electron chi connectivity index (χ1n) is 4.02. The van der Waals surface area contributed by atoms with Gasteiger partial charge in [0.25, 0.3) is 5.91 Å². The van der Waals surface area contributed by atoms with Crippen LogP contribution in [-0.4, -0.2) is 17.9 Å². The molecule has 0 unspecified atom stereocenters. The SMILES string of the molecule is CNc1nc(C)c(C)cc1C(N)=O. The summed E-state index contributed by atoms with van der Waals surface area (Å²) < 4.78 is 0. The Kier molecular flexibility index (Phi) is 2.51. The second-order valence-corrected chi connectivity index (χ2v) is 2.90. The molecule has 1 amide bonds. The lowest BCUT2D eigenvalue weighted by Crippen LogP contribution is -2.15. The Morgan fingerprint density at radius 3 is 2.62 bits per heavy atom. The van der Waals surface area contributed by atoms with Crippen LogP contribution in [0.5, 0.6) is 0 Å². The van der Waals surface area contributed by atoms with Gasteiger partial charge in [-0.2, -0.15) is 0 Å². The zero-order chi connectivity index (χ0) is 10.0. The molecule has 0 saturated carbocycles. The first-order valence-corrected chi connectivity index (χ1v) is 4.02. The lowest BCUT2D eigenvalue weighted by molar-refractivity contribution is 0.100. The van der Waals surface area contributed by atoms with Gasteiger partial charge in [0.2, 0.25) is 0 Å². The molecule has 0 atom stereocenters. The summed E-state index contributed by atoms with van der Waals surface area (Å²) in [6.07, 6.45) is 0. The molecule has 0 saturated heterocycles. The van der Waals surface area contributed by atoms with Crippen LogP contribution in [0.3, 0.4) is 0 Å². The molecule has 0 radical (unpaired) electrons. The van der Waals surface area contributed by atoms with Gasteiger partial charge in [0.1, 0.15) is 5.82 Å². The molecule has 0 aliphatic heterocycles. The number of aryl methyl sites for hydroxylation is 2. The van der Waals surface area contributed by atoms with Gasteiger partial charge in [-0.3, -0.25) is 4.79 Å². The molecule has 0 fully saturated rings. The van der Waals surface area contributed by atoms with Gasteiger partial charge < -0.3 is 11.1 Å². The van der Waals surface area contributed by atoms with Crippen LogP contribution in [-0.2, 0) is 0 Å². The topological polar surface area (TPSA) is 68.0 Å². The van der Waals surface area contributed by atoms with E-state index in [1.165, 1.54) is 0 Å². The van der Waals surface area contributed by atoms with Gasteiger partial charge in [0.05, 0.1) is 5.56 Å². The van der Waals surface area contributed by atoms with Gasteiger partial charge >= 0.3 is 0 Å². The number of rotatable bonds is 2. The summed E-state index contributed by atoms with van der Waals surface area (Å²) in [5.74, 6) is 0.0792. The second kappa shape index (κ2) is 3.43. The van der Waals surface area contributed by atoms with E-state index in [1.807, 2.05) is 13.8 Å². The zero-order valence-corrected chi connectivity index (χ0v) is 8.01. The van der Waals surface area contributed by atoms with Crippen molar-refractivity contribution in [2.75, 3.05) is 12.4 Å². The number of anilines is 1. The molecule has 1 aromatic rings. The molecule has 1 heterocycles. The highest BCUT2D eigenvalue weighted by Gasteiger charge is 2.09. The molecule has 1 rings (SSSR count). The predicted octanol–water partition coefficient (Wildman–Crippen LogP) is 0.839. The molecule has 13 heavy (non-hydrogen) atoms. The molecule has 0 aromatic carbocycles. The van der Waals surface area contributed by atoms with E-state index in [0.717, 1.165) is 11.3 Å².